The number of hydrogen-bond acceptors (Lipinski definition) is 4. The third kappa shape index (κ3) is 2.56. The molecule has 1 heterocycles. The number of nitrogens with one attached hydrogen (secondary N) is 1. The van der Waals surface area contributed by atoms with E-state index in [0.29, 0.717) is 17.8 Å². The van der Waals surface area contributed by atoms with E-state index >= 15 is 0 Å². The molecule has 5 heteroatoms. The normalized spacial score (nSPS) is 23.9. The quantitative estimate of drug-likeness (QED) is 0.886. The summed E-state index contributed by atoms with van der Waals surface area (Å²) in [6.45, 7) is 1.84. The molecular formula is C13H21N3O2. The molecule has 1 aromatic heterocycles. The highest BCUT2D eigenvalue weighted by Gasteiger charge is 2.28. The van der Waals surface area contributed by atoms with Crippen LogP contribution in [0, 0.1) is 6.92 Å². The molecule has 0 aromatic carbocycles. The van der Waals surface area contributed by atoms with Gasteiger partial charge in [-0.3, -0.25) is 4.79 Å². The van der Waals surface area contributed by atoms with Gasteiger partial charge in [0.05, 0.1) is 6.20 Å². The monoisotopic (exact) mass is 251 g/mol. The second-order valence-electron chi connectivity index (χ2n) is 5.05. The van der Waals surface area contributed by atoms with E-state index in [-0.39, 0.29) is 5.91 Å². The molecule has 2 rings (SSSR count). The summed E-state index contributed by atoms with van der Waals surface area (Å²) in [4.78, 5) is 14.1. The van der Waals surface area contributed by atoms with Crippen molar-refractivity contribution in [2.24, 2.45) is 0 Å². The summed E-state index contributed by atoms with van der Waals surface area (Å²) in [5.41, 5.74) is 0.802. The predicted octanol–water partition coefficient (Wildman–Crippen LogP) is 1.59. The first kappa shape index (κ1) is 13.1. The molecule has 1 aromatic rings. The van der Waals surface area contributed by atoms with Crippen molar-refractivity contribution in [3.63, 3.8) is 0 Å². The van der Waals surface area contributed by atoms with Crippen molar-refractivity contribution in [3.05, 3.63) is 17.5 Å². The van der Waals surface area contributed by atoms with Gasteiger partial charge < -0.3 is 14.7 Å². The SMILES string of the molecule is CNC1CCC(N(C)C(=O)c2oncc2C)CC1. The first-order valence-corrected chi connectivity index (χ1v) is 6.49. The summed E-state index contributed by atoms with van der Waals surface area (Å²) in [5.74, 6) is 0.311. The third-order valence-corrected chi connectivity index (χ3v) is 3.92. The highest BCUT2D eigenvalue weighted by Crippen LogP contribution is 2.23. The van der Waals surface area contributed by atoms with Gasteiger partial charge in [0.15, 0.2) is 0 Å². The molecule has 1 fully saturated rings. The van der Waals surface area contributed by atoms with Crippen LogP contribution >= 0.6 is 0 Å². The summed E-state index contributed by atoms with van der Waals surface area (Å²) < 4.78 is 5.03. The smallest absolute Gasteiger partial charge is 0.292 e. The number of carbonyl (C=O) groups excluding carboxylic acids is 1. The van der Waals surface area contributed by atoms with E-state index in [1.54, 1.807) is 11.1 Å². The zero-order valence-corrected chi connectivity index (χ0v) is 11.3. The number of nitrogens with zero attached hydrogens (tertiary/aromatic N) is 2. The van der Waals surface area contributed by atoms with Crippen LogP contribution in [0.25, 0.3) is 0 Å². The van der Waals surface area contributed by atoms with Gasteiger partial charge in [0.1, 0.15) is 0 Å². The molecule has 18 heavy (non-hydrogen) atoms. The lowest BCUT2D eigenvalue weighted by molar-refractivity contribution is 0.0643. The van der Waals surface area contributed by atoms with E-state index < -0.39 is 0 Å². The van der Waals surface area contributed by atoms with Gasteiger partial charge in [-0.15, -0.1) is 0 Å². The predicted molar refractivity (Wildman–Crippen MR) is 68.4 cm³/mol. The molecule has 1 aliphatic rings. The minimum absolute atomic E-state index is 0.0575. The van der Waals surface area contributed by atoms with E-state index in [9.17, 15) is 4.79 Å². The summed E-state index contributed by atoms with van der Waals surface area (Å²) in [6, 6.07) is 0.906. The Morgan fingerprint density at radius 3 is 2.61 bits per heavy atom. The Morgan fingerprint density at radius 1 is 1.44 bits per heavy atom. The maximum Gasteiger partial charge on any atom is 0.292 e. The molecule has 0 radical (unpaired) electrons. The van der Waals surface area contributed by atoms with Crippen molar-refractivity contribution in [2.75, 3.05) is 14.1 Å². The van der Waals surface area contributed by atoms with Crippen LogP contribution in [-0.2, 0) is 0 Å². The first-order chi connectivity index (χ1) is 8.63. The number of carbonyl (C=O) groups is 1. The molecule has 1 amide bonds. The molecule has 0 aliphatic heterocycles. The Balaban J connectivity index is 1.98. The minimum Gasteiger partial charge on any atom is -0.351 e. The van der Waals surface area contributed by atoms with Gasteiger partial charge in [-0.1, -0.05) is 5.16 Å². The second kappa shape index (κ2) is 5.52. The van der Waals surface area contributed by atoms with Gasteiger partial charge in [0.2, 0.25) is 5.76 Å². The summed E-state index contributed by atoms with van der Waals surface area (Å²) in [7, 11) is 3.85. The maximum atomic E-state index is 12.3. The fourth-order valence-electron chi connectivity index (χ4n) is 2.57. The Labute approximate surface area is 108 Å². The van der Waals surface area contributed by atoms with Gasteiger partial charge in [-0.05, 0) is 39.7 Å². The number of aryl methyl sites for hydroxylation is 1. The van der Waals surface area contributed by atoms with Crippen LogP contribution in [0.5, 0.6) is 0 Å². The lowest BCUT2D eigenvalue weighted by Gasteiger charge is -2.34. The van der Waals surface area contributed by atoms with E-state index in [1.807, 2.05) is 21.0 Å². The average molecular weight is 251 g/mol. The molecule has 5 nitrogen and oxygen atoms in total. The van der Waals surface area contributed by atoms with E-state index in [2.05, 4.69) is 10.5 Å². The maximum absolute atomic E-state index is 12.3. The molecule has 0 bridgehead atoms. The molecular weight excluding hydrogens is 230 g/mol. The molecule has 100 valence electrons. The van der Waals surface area contributed by atoms with Gasteiger partial charge in [0.25, 0.3) is 5.91 Å². The number of aromatic nitrogens is 1. The van der Waals surface area contributed by atoms with Crippen LogP contribution < -0.4 is 5.32 Å². The zero-order chi connectivity index (χ0) is 13.1. The highest BCUT2D eigenvalue weighted by atomic mass is 16.5. The van der Waals surface area contributed by atoms with Crippen molar-refractivity contribution in [2.45, 2.75) is 44.7 Å². The molecule has 0 spiro atoms. The van der Waals surface area contributed by atoms with Gasteiger partial charge in [-0.2, -0.15) is 0 Å². The summed E-state index contributed by atoms with van der Waals surface area (Å²) in [6.07, 6.45) is 5.91. The molecule has 1 N–H and O–H groups in total. The van der Waals surface area contributed by atoms with Crippen LogP contribution in [0.4, 0.5) is 0 Å². The Kier molecular flexibility index (Phi) is 4.01. The minimum atomic E-state index is -0.0575. The Bertz CT molecular complexity index is 408. The lowest BCUT2D eigenvalue weighted by Crippen LogP contribution is -2.42. The highest BCUT2D eigenvalue weighted by molar-refractivity contribution is 5.92. The van der Waals surface area contributed by atoms with Crippen LogP contribution in [0.3, 0.4) is 0 Å². The summed E-state index contributed by atoms with van der Waals surface area (Å²) >= 11 is 0. The average Bonchev–Trinajstić information content (AvgIpc) is 2.83. The summed E-state index contributed by atoms with van der Waals surface area (Å²) in [5, 5.41) is 6.96. The van der Waals surface area contributed by atoms with E-state index in [0.717, 1.165) is 31.2 Å². The fourth-order valence-corrected chi connectivity index (χ4v) is 2.57. The molecule has 1 saturated carbocycles. The van der Waals surface area contributed by atoms with E-state index in [4.69, 9.17) is 4.52 Å². The van der Waals surface area contributed by atoms with E-state index in [1.165, 1.54) is 0 Å². The lowest BCUT2D eigenvalue weighted by atomic mass is 9.90. The molecule has 1 aliphatic carbocycles. The van der Waals surface area contributed by atoms with Crippen LogP contribution in [0.15, 0.2) is 10.7 Å². The molecule has 0 atom stereocenters. The van der Waals surface area contributed by atoms with Crippen molar-refractivity contribution < 1.29 is 9.32 Å². The number of amides is 1. The Morgan fingerprint density at radius 2 is 2.11 bits per heavy atom. The van der Waals surface area contributed by atoms with Crippen molar-refractivity contribution in [1.82, 2.24) is 15.4 Å². The fraction of sp³-hybridized carbons (Fsp3) is 0.692. The molecule has 0 unspecified atom stereocenters. The van der Waals surface area contributed by atoms with Crippen molar-refractivity contribution in [1.29, 1.82) is 0 Å². The van der Waals surface area contributed by atoms with Gasteiger partial charge >= 0.3 is 0 Å². The van der Waals surface area contributed by atoms with Crippen LogP contribution in [0.1, 0.15) is 41.8 Å². The van der Waals surface area contributed by atoms with Crippen molar-refractivity contribution >= 4 is 5.91 Å². The van der Waals surface area contributed by atoms with Crippen LogP contribution in [-0.4, -0.2) is 42.1 Å². The van der Waals surface area contributed by atoms with Crippen LogP contribution in [0.2, 0.25) is 0 Å². The first-order valence-electron chi connectivity index (χ1n) is 6.49. The van der Waals surface area contributed by atoms with Gasteiger partial charge in [0, 0.05) is 24.7 Å². The standard InChI is InChI=1S/C13H21N3O2/c1-9-8-15-18-12(9)13(17)16(3)11-6-4-10(14-2)5-7-11/h8,10-11,14H,4-7H2,1-3H3. The molecule has 0 saturated heterocycles. The topological polar surface area (TPSA) is 58.4 Å². The van der Waals surface area contributed by atoms with Gasteiger partial charge in [-0.25, -0.2) is 0 Å². The number of hydrogen-bond donors (Lipinski definition) is 1. The third-order valence-electron chi connectivity index (χ3n) is 3.92. The Hall–Kier alpha value is -1.36. The number of rotatable bonds is 3. The van der Waals surface area contributed by atoms with Crippen molar-refractivity contribution in [3.8, 4) is 0 Å². The largest absolute Gasteiger partial charge is 0.351 e. The second-order valence-corrected chi connectivity index (χ2v) is 5.05. The zero-order valence-electron chi connectivity index (χ0n) is 11.3.